The first-order valence-corrected chi connectivity index (χ1v) is 7.32. The van der Waals surface area contributed by atoms with Crippen molar-refractivity contribution in [1.82, 2.24) is 4.90 Å². The molecule has 2 atom stereocenters. The molecule has 1 saturated heterocycles. The second-order valence-corrected chi connectivity index (χ2v) is 6.36. The van der Waals surface area contributed by atoms with E-state index >= 15 is 0 Å². The second kappa shape index (κ2) is 7.38. The van der Waals surface area contributed by atoms with Crippen LogP contribution in [0, 0.1) is 5.82 Å². The minimum absolute atomic E-state index is 0.0651. The molecule has 0 bridgehead atoms. The third-order valence-electron chi connectivity index (χ3n) is 3.68. The van der Waals surface area contributed by atoms with E-state index in [1.165, 1.54) is 12.1 Å². The molecule has 0 spiro atoms. The smallest absolute Gasteiger partial charge is 0.410 e. The molecule has 0 aromatic heterocycles. The lowest BCUT2D eigenvalue weighted by molar-refractivity contribution is -0.0980. The molecule has 1 heterocycles. The van der Waals surface area contributed by atoms with Crippen molar-refractivity contribution in [3.63, 3.8) is 0 Å². The molecule has 0 radical (unpaired) electrons. The van der Waals surface area contributed by atoms with Crippen molar-refractivity contribution in [2.75, 3.05) is 6.54 Å². The number of halogens is 1. The SMILES string of the molecule is C=O.CC1C(c2ccc(F)cc2)CCN1C(=O)OC(C)(C)C. The molecule has 0 saturated carbocycles. The maximum Gasteiger partial charge on any atom is 0.410 e. The molecule has 2 unspecified atom stereocenters. The fourth-order valence-corrected chi connectivity index (χ4v) is 2.67. The van der Waals surface area contributed by atoms with E-state index in [-0.39, 0.29) is 23.9 Å². The summed E-state index contributed by atoms with van der Waals surface area (Å²) in [6.07, 6.45) is 0.612. The predicted molar refractivity (Wildman–Crippen MR) is 83.3 cm³/mol. The monoisotopic (exact) mass is 309 g/mol. The molecule has 1 fully saturated rings. The number of rotatable bonds is 1. The lowest BCUT2D eigenvalue weighted by atomic mass is 9.93. The lowest BCUT2D eigenvalue weighted by Gasteiger charge is -2.28. The van der Waals surface area contributed by atoms with Gasteiger partial charge in [0.1, 0.15) is 18.2 Å². The summed E-state index contributed by atoms with van der Waals surface area (Å²) in [4.78, 5) is 21.9. The normalized spacial score (nSPS) is 21.0. The first-order chi connectivity index (χ1) is 10.3. The molecule has 1 amide bonds. The zero-order chi connectivity index (χ0) is 16.9. The van der Waals surface area contributed by atoms with Crippen molar-refractivity contribution in [3.8, 4) is 0 Å². The summed E-state index contributed by atoms with van der Waals surface area (Å²) in [5.41, 5.74) is 0.593. The van der Waals surface area contributed by atoms with Crippen molar-refractivity contribution in [2.24, 2.45) is 0 Å². The number of amides is 1. The third kappa shape index (κ3) is 4.55. The number of hydrogen-bond acceptors (Lipinski definition) is 3. The van der Waals surface area contributed by atoms with Crippen molar-refractivity contribution in [1.29, 1.82) is 0 Å². The second-order valence-electron chi connectivity index (χ2n) is 6.36. The molecule has 22 heavy (non-hydrogen) atoms. The summed E-state index contributed by atoms with van der Waals surface area (Å²) < 4.78 is 18.4. The molecule has 0 aliphatic carbocycles. The van der Waals surface area contributed by atoms with E-state index in [0.717, 1.165) is 12.0 Å². The summed E-state index contributed by atoms with van der Waals surface area (Å²) in [6, 6.07) is 6.61. The topological polar surface area (TPSA) is 46.6 Å². The minimum Gasteiger partial charge on any atom is -0.444 e. The van der Waals surface area contributed by atoms with E-state index in [2.05, 4.69) is 0 Å². The summed E-state index contributed by atoms with van der Waals surface area (Å²) in [5, 5.41) is 0. The van der Waals surface area contributed by atoms with E-state index in [4.69, 9.17) is 9.53 Å². The quantitative estimate of drug-likeness (QED) is 0.793. The van der Waals surface area contributed by atoms with Gasteiger partial charge in [0.25, 0.3) is 0 Å². The number of ether oxygens (including phenoxy) is 1. The van der Waals surface area contributed by atoms with Gasteiger partial charge in [-0.2, -0.15) is 0 Å². The van der Waals surface area contributed by atoms with Crippen molar-refractivity contribution < 1.29 is 18.7 Å². The Labute approximate surface area is 131 Å². The fraction of sp³-hybridized carbons (Fsp3) is 0.529. The van der Waals surface area contributed by atoms with E-state index in [9.17, 15) is 9.18 Å². The molecule has 1 aromatic rings. The number of carbonyl (C=O) groups excluding carboxylic acids is 2. The summed E-state index contributed by atoms with van der Waals surface area (Å²) in [5.74, 6) is 0.00603. The van der Waals surface area contributed by atoms with Gasteiger partial charge in [0.15, 0.2) is 0 Å². The first kappa shape index (κ1) is 18.1. The standard InChI is InChI=1S/C16H22FNO2.CH2O/c1-11-14(12-5-7-13(17)8-6-12)9-10-18(11)15(19)20-16(2,3)4;1-2/h5-8,11,14H,9-10H2,1-4H3;1H2. The van der Waals surface area contributed by atoms with Crippen LogP contribution in [0.15, 0.2) is 24.3 Å². The van der Waals surface area contributed by atoms with Crippen LogP contribution in [0.5, 0.6) is 0 Å². The molecule has 4 nitrogen and oxygen atoms in total. The molecule has 1 aliphatic heterocycles. The van der Waals surface area contributed by atoms with Gasteiger partial charge in [0.05, 0.1) is 0 Å². The highest BCUT2D eigenvalue weighted by Gasteiger charge is 2.36. The lowest BCUT2D eigenvalue weighted by Crippen LogP contribution is -2.39. The molecular weight excluding hydrogens is 285 g/mol. The predicted octanol–water partition coefficient (Wildman–Crippen LogP) is 3.75. The van der Waals surface area contributed by atoms with Gasteiger partial charge in [0, 0.05) is 18.5 Å². The number of nitrogens with zero attached hydrogens (tertiary/aromatic N) is 1. The van der Waals surface area contributed by atoms with E-state index in [1.54, 1.807) is 17.0 Å². The molecule has 2 rings (SSSR count). The Bertz CT molecular complexity index is 496. The molecule has 1 aromatic carbocycles. The first-order valence-electron chi connectivity index (χ1n) is 7.32. The van der Waals surface area contributed by atoms with Crippen LogP contribution in [0.2, 0.25) is 0 Å². The van der Waals surface area contributed by atoms with E-state index in [0.29, 0.717) is 6.54 Å². The molecule has 1 aliphatic rings. The number of hydrogen-bond donors (Lipinski definition) is 0. The number of likely N-dealkylation sites (tertiary alicyclic amines) is 1. The van der Waals surface area contributed by atoms with Crippen LogP contribution < -0.4 is 0 Å². The Kier molecular flexibility index (Phi) is 6.09. The van der Waals surface area contributed by atoms with Crippen LogP contribution in [-0.4, -0.2) is 36.0 Å². The highest BCUT2D eigenvalue weighted by Crippen LogP contribution is 2.34. The van der Waals surface area contributed by atoms with Gasteiger partial charge < -0.3 is 14.4 Å². The van der Waals surface area contributed by atoms with Gasteiger partial charge in [-0.15, -0.1) is 0 Å². The van der Waals surface area contributed by atoms with E-state index < -0.39 is 5.60 Å². The van der Waals surface area contributed by atoms with Gasteiger partial charge in [-0.3, -0.25) is 0 Å². The van der Waals surface area contributed by atoms with Gasteiger partial charge in [-0.25, -0.2) is 9.18 Å². The van der Waals surface area contributed by atoms with Crippen LogP contribution >= 0.6 is 0 Å². The maximum absolute atomic E-state index is 13.0. The minimum atomic E-state index is -0.481. The molecular formula is C17H24FNO3. The highest BCUT2D eigenvalue weighted by atomic mass is 19.1. The van der Waals surface area contributed by atoms with Crippen molar-refractivity contribution in [2.45, 2.75) is 51.7 Å². The zero-order valence-corrected chi connectivity index (χ0v) is 13.6. The zero-order valence-electron chi connectivity index (χ0n) is 13.6. The molecule has 122 valence electrons. The van der Waals surface area contributed by atoms with Crippen LogP contribution in [0.25, 0.3) is 0 Å². The fourth-order valence-electron chi connectivity index (χ4n) is 2.67. The van der Waals surface area contributed by atoms with Gasteiger partial charge in [-0.1, -0.05) is 12.1 Å². The van der Waals surface area contributed by atoms with Gasteiger partial charge in [0.2, 0.25) is 0 Å². The van der Waals surface area contributed by atoms with E-state index in [1.807, 2.05) is 34.5 Å². The molecule has 0 N–H and O–H groups in total. The summed E-state index contributed by atoms with van der Waals surface area (Å²) >= 11 is 0. The van der Waals surface area contributed by atoms with Crippen molar-refractivity contribution in [3.05, 3.63) is 35.6 Å². The van der Waals surface area contributed by atoms with Gasteiger partial charge in [-0.05, 0) is 51.8 Å². The average Bonchev–Trinajstić information content (AvgIpc) is 2.82. The van der Waals surface area contributed by atoms with Crippen LogP contribution in [0.4, 0.5) is 9.18 Å². The largest absolute Gasteiger partial charge is 0.444 e. The Morgan fingerprint density at radius 1 is 1.27 bits per heavy atom. The number of carbonyl (C=O) groups is 2. The average molecular weight is 309 g/mol. The Balaban J connectivity index is 0.00000116. The summed E-state index contributed by atoms with van der Waals surface area (Å²) in [7, 11) is 0. The number of benzene rings is 1. The Hall–Kier alpha value is -1.91. The summed E-state index contributed by atoms with van der Waals surface area (Å²) in [6.45, 7) is 10.3. The highest BCUT2D eigenvalue weighted by molar-refractivity contribution is 5.69. The van der Waals surface area contributed by atoms with Crippen LogP contribution in [0.3, 0.4) is 0 Å². The van der Waals surface area contributed by atoms with Crippen LogP contribution in [0.1, 0.15) is 45.6 Å². The third-order valence-corrected chi connectivity index (χ3v) is 3.68. The Morgan fingerprint density at radius 2 is 1.82 bits per heavy atom. The molecule has 5 heteroatoms. The van der Waals surface area contributed by atoms with Crippen LogP contribution in [-0.2, 0) is 9.53 Å². The van der Waals surface area contributed by atoms with Crippen molar-refractivity contribution >= 4 is 12.9 Å². The Morgan fingerprint density at radius 3 is 2.32 bits per heavy atom. The maximum atomic E-state index is 13.0. The van der Waals surface area contributed by atoms with Gasteiger partial charge >= 0.3 is 6.09 Å².